The fourth-order valence-corrected chi connectivity index (χ4v) is 3.22. The number of carbonyl (C=O) groups excluding carboxylic acids is 1. The van der Waals surface area contributed by atoms with Crippen molar-refractivity contribution < 1.29 is 9.53 Å². The van der Waals surface area contributed by atoms with E-state index in [2.05, 4.69) is 25.4 Å². The van der Waals surface area contributed by atoms with E-state index < -0.39 is 0 Å². The number of benzene rings is 1. The molecule has 2 rings (SSSR count). The average Bonchev–Trinajstić information content (AvgIpc) is 2.63. The number of guanidine groups is 1. The largest absolute Gasteiger partial charge is 0.496 e. The summed E-state index contributed by atoms with van der Waals surface area (Å²) in [5, 5.41) is 6.97. The lowest BCUT2D eigenvalue weighted by molar-refractivity contribution is -0.123. The summed E-state index contributed by atoms with van der Waals surface area (Å²) in [5.41, 5.74) is 1.02. The van der Waals surface area contributed by atoms with Gasteiger partial charge in [-0.15, -0.1) is 24.0 Å². The molecule has 1 heterocycles. The third-order valence-corrected chi connectivity index (χ3v) is 4.62. The van der Waals surface area contributed by atoms with Crippen LogP contribution in [0.15, 0.2) is 23.2 Å². The van der Waals surface area contributed by atoms with Crippen molar-refractivity contribution in [3.8, 4) is 5.75 Å². The number of ether oxygens (including phenoxy) is 1. The summed E-state index contributed by atoms with van der Waals surface area (Å²) in [6, 6.07) is 5.78. The molecule has 1 saturated heterocycles. The van der Waals surface area contributed by atoms with E-state index in [1.54, 1.807) is 14.2 Å². The van der Waals surface area contributed by atoms with Crippen molar-refractivity contribution in [3.05, 3.63) is 28.8 Å². The molecule has 0 spiro atoms. The molecule has 1 fully saturated rings. The van der Waals surface area contributed by atoms with Gasteiger partial charge in [0, 0.05) is 56.4 Å². The zero-order chi connectivity index (χ0) is 19.8. The molecule has 2 N–H and O–H groups in total. The van der Waals surface area contributed by atoms with Gasteiger partial charge in [0.15, 0.2) is 5.96 Å². The SMILES string of the molecule is CN=C(NCc1ccc(Cl)cc1OC)N1CCN(CC(=O)NC(C)C)CC1.I. The lowest BCUT2D eigenvalue weighted by atomic mass is 10.2. The van der Waals surface area contributed by atoms with Crippen molar-refractivity contribution in [1.29, 1.82) is 0 Å². The van der Waals surface area contributed by atoms with Gasteiger partial charge < -0.3 is 20.3 Å². The Kier molecular flexibility index (Phi) is 10.9. The number of hydrogen-bond acceptors (Lipinski definition) is 4. The number of halogens is 2. The molecular weight excluding hydrogens is 493 g/mol. The Morgan fingerprint density at radius 2 is 1.96 bits per heavy atom. The standard InChI is InChI=1S/C19H30ClN5O2.HI/c1-14(2)23-18(26)13-24-7-9-25(10-8-24)19(21-3)22-12-15-5-6-16(20)11-17(15)27-4;/h5-6,11,14H,7-10,12-13H2,1-4H3,(H,21,22)(H,23,26);1H. The van der Waals surface area contributed by atoms with Crippen LogP contribution < -0.4 is 15.4 Å². The van der Waals surface area contributed by atoms with Crippen LogP contribution in [0.1, 0.15) is 19.4 Å². The Morgan fingerprint density at radius 1 is 1.29 bits per heavy atom. The molecule has 1 amide bonds. The van der Waals surface area contributed by atoms with E-state index in [-0.39, 0.29) is 35.9 Å². The molecule has 1 aliphatic rings. The molecule has 0 unspecified atom stereocenters. The summed E-state index contributed by atoms with van der Waals surface area (Å²) in [6.07, 6.45) is 0. The van der Waals surface area contributed by atoms with E-state index in [1.165, 1.54) is 0 Å². The van der Waals surface area contributed by atoms with Crippen LogP contribution in [0.4, 0.5) is 0 Å². The fraction of sp³-hybridized carbons (Fsp3) is 0.579. The summed E-state index contributed by atoms with van der Waals surface area (Å²) in [5.74, 6) is 1.68. The topological polar surface area (TPSA) is 69.2 Å². The van der Waals surface area contributed by atoms with E-state index in [0.29, 0.717) is 18.1 Å². The Hall–Kier alpha value is -1.26. The van der Waals surface area contributed by atoms with Crippen LogP contribution in [0, 0.1) is 0 Å². The lowest BCUT2D eigenvalue weighted by Crippen LogP contribution is -2.54. The molecule has 28 heavy (non-hydrogen) atoms. The van der Waals surface area contributed by atoms with Gasteiger partial charge in [0.2, 0.25) is 5.91 Å². The van der Waals surface area contributed by atoms with Gasteiger partial charge in [-0.1, -0.05) is 17.7 Å². The second-order valence-corrected chi connectivity index (χ2v) is 7.28. The number of aliphatic imine (C=N–C) groups is 1. The van der Waals surface area contributed by atoms with Crippen molar-refractivity contribution in [3.63, 3.8) is 0 Å². The number of amides is 1. The third-order valence-electron chi connectivity index (χ3n) is 4.39. The maximum atomic E-state index is 11.9. The van der Waals surface area contributed by atoms with E-state index >= 15 is 0 Å². The second-order valence-electron chi connectivity index (χ2n) is 6.84. The molecule has 0 radical (unpaired) electrons. The third kappa shape index (κ3) is 7.63. The normalized spacial score (nSPS) is 15.2. The first-order valence-corrected chi connectivity index (χ1v) is 9.60. The highest BCUT2D eigenvalue weighted by Gasteiger charge is 2.21. The van der Waals surface area contributed by atoms with Crippen LogP contribution in [0.5, 0.6) is 5.75 Å². The van der Waals surface area contributed by atoms with Gasteiger partial charge in [-0.25, -0.2) is 0 Å². The average molecular weight is 524 g/mol. The monoisotopic (exact) mass is 523 g/mol. The minimum atomic E-state index is 0. The Bertz CT molecular complexity index is 664. The smallest absolute Gasteiger partial charge is 0.234 e. The van der Waals surface area contributed by atoms with Gasteiger partial charge in [0.05, 0.1) is 13.7 Å². The number of nitrogens with zero attached hydrogens (tertiary/aromatic N) is 3. The number of piperazine rings is 1. The maximum absolute atomic E-state index is 11.9. The van der Waals surface area contributed by atoms with E-state index in [1.807, 2.05) is 32.0 Å². The second kappa shape index (κ2) is 12.3. The molecule has 0 aromatic heterocycles. The molecule has 0 saturated carbocycles. The minimum Gasteiger partial charge on any atom is -0.496 e. The zero-order valence-corrected chi connectivity index (χ0v) is 20.1. The van der Waals surface area contributed by atoms with Crippen molar-refractivity contribution in [2.24, 2.45) is 4.99 Å². The first kappa shape index (κ1) is 24.8. The van der Waals surface area contributed by atoms with Crippen LogP contribution in [0.2, 0.25) is 5.02 Å². The summed E-state index contributed by atoms with van der Waals surface area (Å²) in [4.78, 5) is 20.7. The molecule has 0 aliphatic carbocycles. The molecule has 1 aliphatic heterocycles. The highest BCUT2D eigenvalue weighted by molar-refractivity contribution is 14.0. The predicted molar refractivity (Wildman–Crippen MR) is 125 cm³/mol. The molecule has 1 aromatic carbocycles. The van der Waals surface area contributed by atoms with Gasteiger partial charge in [-0.3, -0.25) is 14.7 Å². The van der Waals surface area contributed by atoms with Gasteiger partial charge >= 0.3 is 0 Å². The van der Waals surface area contributed by atoms with Crippen LogP contribution in [-0.4, -0.2) is 74.6 Å². The van der Waals surface area contributed by atoms with Gasteiger partial charge in [0.1, 0.15) is 5.75 Å². The number of rotatable bonds is 6. The molecule has 0 atom stereocenters. The van der Waals surface area contributed by atoms with Crippen molar-refractivity contribution in [2.45, 2.75) is 26.4 Å². The van der Waals surface area contributed by atoms with Crippen molar-refractivity contribution in [2.75, 3.05) is 46.9 Å². The summed E-state index contributed by atoms with van der Waals surface area (Å²) in [6.45, 7) is 8.30. The summed E-state index contributed by atoms with van der Waals surface area (Å²) < 4.78 is 5.39. The fourth-order valence-electron chi connectivity index (χ4n) is 3.06. The molecule has 158 valence electrons. The highest BCUT2D eigenvalue weighted by Crippen LogP contribution is 2.22. The number of hydrogen-bond donors (Lipinski definition) is 2. The minimum absolute atomic E-state index is 0. The van der Waals surface area contributed by atoms with Crippen molar-refractivity contribution >= 4 is 47.4 Å². The van der Waals surface area contributed by atoms with Crippen LogP contribution >= 0.6 is 35.6 Å². The van der Waals surface area contributed by atoms with Crippen LogP contribution in [-0.2, 0) is 11.3 Å². The molecule has 1 aromatic rings. The lowest BCUT2D eigenvalue weighted by Gasteiger charge is -2.36. The first-order valence-electron chi connectivity index (χ1n) is 9.22. The predicted octanol–water partition coefficient (Wildman–Crippen LogP) is 2.18. The first-order chi connectivity index (χ1) is 12.9. The van der Waals surface area contributed by atoms with Crippen LogP contribution in [0.25, 0.3) is 0 Å². The van der Waals surface area contributed by atoms with E-state index in [9.17, 15) is 4.79 Å². The zero-order valence-electron chi connectivity index (χ0n) is 17.0. The molecular formula is C19H31ClIN5O2. The molecule has 9 heteroatoms. The van der Waals surface area contributed by atoms with Gasteiger partial charge in [0.25, 0.3) is 0 Å². The number of carbonyl (C=O) groups is 1. The van der Waals surface area contributed by atoms with Crippen LogP contribution in [0.3, 0.4) is 0 Å². The molecule has 7 nitrogen and oxygen atoms in total. The number of nitrogens with one attached hydrogen (secondary N) is 2. The Labute approximate surface area is 189 Å². The number of methoxy groups -OCH3 is 1. The van der Waals surface area contributed by atoms with E-state index in [4.69, 9.17) is 16.3 Å². The molecule has 0 bridgehead atoms. The highest BCUT2D eigenvalue weighted by atomic mass is 127. The van der Waals surface area contributed by atoms with E-state index in [0.717, 1.165) is 43.5 Å². The van der Waals surface area contributed by atoms with Gasteiger partial charge in [-0.2, -0.15) is 0 Å². The quantitative estimate of drug-likeness (QED) is 0.340. The Balaban J connectivity index is 0.00000392. The Morgan fingerprint density at radius 3 is 2.54 bits per heavy atom. The maximum Gasteiger partial charge on any atom is 0.234 e. The van der Waals surface area contributed by atoms with Crippen molar-refractivity contribution in [1.82, 2.24) is 20.4 Å². The van der Waals surface area contributed by atoms with Gasteiger partial charge in [-0.05, 0) is 26.0 Å². The summed E-state index contributed by atoms with van der Waals surface area (Å²) in [7, 11) is 3.42. The summed E-state index contributed by atoms with van der Waals surface area (Å²) >= 11 is 6.02.